The third kappa shape index (κ3) is 6.98. The Morgan fingerprint density at radius 3 is 2.55 bits per heavy atom. The largest absolute Gasteiger partial charge is 0.494 e. The molecule has 1 aliphatic heterocycles. The number of hydrogen-bond acceptors (Lipinski definition) is 3. The molecule has 1 saturated carbocycles. The molecule has 0 unspecified atom stereocenters. The Morgan fingerprint density at radius 1 is 1.28 bits per heavy atom. The number of nitrogens with one attached hydrogen (secondary N) is 2. The monoisotopic (exact) mass is 518 g/mol. The molecular formula is C22H36FIN4O. The molecule has 5 nitrogen and oxygen atoms in total. The average molecular weight is 518 g/mol. The van der Waals surface area contributed by atoms with Gasteiger partial charge in [0.05, 0.1) is 7.11 Å². The van der Waals surface area contributed by atoms with E-state index in [0.717, 1.165) is 50.5 Å². The van der Waals surface area contributed by atoms with E-state index in [1.54, 1.807) is 12.1 Å². The van der Waals surface area contributed by atoms with Crippen LogP contribution in [0.25, 0.3) is 0 Å². The summed E-state index contributed by atoms with van der Waals surface area (Å²) in [5, 5.41) is 7.13. The molecule has 1 aromatic carbocycles. The summed E-state index contributed by atoms with van der Waals surface area (Å²) in [5.41, 5.74) is 1.40. The van der Waals surface area contributed by atoms with Gasteiger partial charge >= 0.3 is 0 Å². The Bertz CT molecular complexity index is 671. The summed E-state index contributed by atoms with van der Waals surface area (Å²) >= 11 is 0. The molecule has 1 heterocycles. The standard InChI is InChI=1S/C22H35FN4O.HI/c1-22(10-4-5-11-22)16-25-21(24-2)26-18-8-12-27(13-9-18)15-17-6-7-20(28-3)19(23)14-17;/h6-7,14,18H,4-5,8-13,15-16H2,1-3H3,(H2,24,25,26);1H. The molecule has 2 N–H and O–H groups in total. The van der Waals surface area contributed by atoms with Crippen molar-refractivity contribution in [3.8, 4) is 5.75 Å². The van der Waals surface area contributed by atoms with Crippen molar-refractivity contribution in [1.82, 2.24) is 15.5 Å². The summed E-state index contributed by atoms with van der Waals surface area (Å²) in [5.74, 6) is 0.934. The van der Waals surface area contributed by atoms with Gasteiger partial charge in [-0.05, 0) is 48.8 Å². The number of likely N-dealkylation sites (tertiary alicyclic amines) is 1. The van der Waals surface area contributed by atoms with Gasteiger partial charge in [-0.3, -0.25) is 9.89 Å². The molecule has 0 amide bonds. The molecule has 1 aromatic rings. The van der Waals surface area contributed by atoms with E-state index in [2.05, 4.69) is 27.4 Å². The smallest absolute Gasteiger partial charge is 0.191 e. The Labute approximate surface area is 191 Å². The molecule has 0 bridgehead atoms. The van der Waals surface area contributed by atoms with E-state index in [-0.39, 0.29) is 29.8 Å². The number of rotatable bonds is 6. The minimum atomic E-state index is -0.289. The first-order valence-corrected chi connectivity index (χ1v) is 10.5. The Morgan fingerprint density at radius 2 is 1.97 bits per heavy atom. The van der Waals surface area contributed by atoms with Crippen LogP contribution in [0.3, 0.4) is 0 Å². The van der Waals surface area contributed by atoms with Crippen LogP contribution in [-0.2, 0) is 6.54 Å². The number of ether oxygens (including phenoxy) is 1. The van der Waals surface area contributed by atoms with Crippen molar-refractivity contribution < 1.29 is 9.13 Å². The van der Waals surface area contributed by atoms with Crippen LogP contribution >= 0.6 is 24.0 Å². The Kier molecular flexibility index (Phi) is 9.46. The van der Waals surface area contributed by atoms with E-state index in [0.29, 0.717) is 17.2 Å². The molecule has 0 atom stereocenters. The minimum Gasteiger partial charge on any atom is -0.494 e. The van der Waals surface area contributed by atoms with E-state index < -0.39 is 0 Å². The first-order valence-electron chi connectivity index (χ1n) is 10.5. The van der Waals surface area contributed by atoms with Gasteiger partial charge in [-0.15, -0.1) is 24.0 Å². The van der Waals surface area contributed by atoms with Gasteiger partial charge in [0.1, 0.15) is 0 Å². The quantitative estimate of drug-likeness (QED) is 0.338. The van der Waals surface area contributed by atoms with Gasteiger partial charge in [0.15, 0.2) is 17.5 Å². The molecule has 0 aromatic heterocycles. The van der Waals surface area contributed by atoms with Crippen LogP contribution in [-0.4, -0.2) is 50.7 Å². The van der Waals surface area contributed by atoms with Crippen LogP contribution in [0.4, 0.5) is 4.39 Å². The third-order valence-corrected chi connectivity index (χ3v) is 6.27. The lowest BCUT2D eigenvalue weighted by molar-refractivity contribution is 0.198. The zero-order valence-corrected chi connectivity index (χ0v) is 20.3. The van der Waals surface area contributed by atoms with Crippen LogP contribution in [0.1, 0.15) is 51.0 Å². The maximum absolute atomic E-state index is 13.9. The first kappa shape index (κ1) is 24.2. The lowest BCUT2D eigenvalue weighted by Crippen LogP contribution is -2.50. The van der Waals surface area contributed by atoms with E-state index in [4.69, 9.17) is 4.74 Å². The van der Waals surface area contributed by atoms with Crippen LogP contribution < -0.4 is 15.4 Å². The Balaban J connectivity index is 0.00000300. The number of methoxy groups -OCH3 is 1. The summed E-state index contributed by atoms with van der Waals surface area (Å²) < 4.78 is 18.9. The number of halogens is 2. The lowest BCUT2D eigenvalue weighted by Gasteiger charge is -2.33. The van der Waals surface area contributed by atoms with Gasteiger partial charge in [-0.25, -0.2) is 4.39 Å². The third-order valence-electron chi connectivity index (χ3n) is 6.27. The number of guanidine groups is 1. The van der Waals surface area contributed by atoms with Gasteiger partial charge in [0, 0.05) is 39.3 Å². The second-order valence-electron chi connectivity index (χ2n) is 8.61. The highest BCUT2D eigenvalue weighted by atomic mass is 127. The number of nitrogens with zero attached hydrogens (tertiary/aromatic N) is 2. The number of aliphatic imine (C=N–C) groups is 1. The zero-order chi connectivity index (χ0) is 20.0. The number of benzene rings is 1. The maximum atomic E-state index is 13.9. The van der Waals surface area contributed by atoms with E-state index in [9.17, 15) is 4.39 Å². The fourth-order valence-corrected chi connectivity index (χ4v) is 4.39. The van der Waals surface area contributed by atoms with Gasteiger partial charge in [0.25, 0.3) is 0 Å². The molecule has 2 fully saturated rings. The first-order chi connectivity index (χ1) is 13.5. The molecule has 1 aliphatic carbocycles. The number of hydrogen-bond donors (Lipinski definition) is 2. The predicted octanol–water partition coefficient (Wildman–Crippen LogP) is 4.16. The fraction of sp³-hybridized carbons (Fsp3) is 0.682. The van der Waals surface area contributed by atoms with E-state index in [1.165, 1.54) is 32.8 Å². The molecule has 1 saturated heterocycles. The van der Waals surface area contributed by atoms with Crippen molar-refractivity contribution in [2.24, 2.45) is 10.4 Å². The maximum Gasteiger partial charge on any atom is 0.191 e. The molecule has 3 rings (SSSR count). The van der Waals surface area contributed by atoms with Crippen molar-refractivity contribution in [2.75, 3.05) is 33.8 Å². The lowest BCUT2D eigenvalue weighted by atomic mass is 9.89. The number of piperidine rings is 1. The summed E-state index contributed by atoms with van der Waals surface area (Å²) in [4.78, 5) is 6.80. The second kappa shape index (κ2) is 11.3. The molecule has 29 heavy (non-hydrogen) atoms. The molecule has 2 aliphatic rings. The summed E-state index contributed by atoms with van der Waals surface area (Å²) in [6, 6.07) is 5.67. The Hall–Kier alpha value is -1.09. The summed E-state index contributed by atoms with van der Waals surface area (Å²) in [7, 11) is 3.34. The normalized spacial score (nSPS) is 20.2. The van der Waals surface area contributed by atoms with Crippen molar-refractivity contribution in [2.45, 2.75) is 58.0 Å². The highest BCUT2D eigenvalue weighted by Gasteiger charge is 2.29. The van der Waals surface area contributed by atoms with Gasteiger partial charge in [0.2, 0.25) is 0 Å². The topological polar surface area (TPSA) is 48.9 Å². The van der Waals surface area contributed by atoms with Crippen LogP contribution in [0.15, 0.2) is 23.2 Å². The minimum absolute atomic E-state index is 0. The molecule has 0 radical (unpaired) electrons. The van der Waals surface area contributed by atoms with Crippen LogP contribution in [0, 0.1) is 11.2 Å². The highest BCUT2D eigenvalue weighted by Crippen LogP contribution is 2.36. The summed E-state index contributed by atoms with van der Waals surface area (Å²) in [6.45, 7) is 6.15. The fourth-order valence-electron chi connectivity index (χ4n) is 4.39. The van der Waals surface area contributed by atoms with Crippen molar-refractivity contribution in [3.05, 3.63) is 29.6 Å². The van der Waals surface area contributed by atoms with Crippen molar-refractivity contribution in [3.63, 3.8) is 0 Å². The van der Waals surface area contributed by atoms with E-state index in [1.807, 2.05) is 13.1 Å². The highest BCUT2D eigenvalue weighted by molar-refractivity contribution is 14.0. The second-order valence-corrected chi connectivity index (χ2v) is 8.61. The molecule has 164 valence electrons. The predicted molar refractivity (Wildman–Crippen MR) is 128 cm³/mol. The van der Waals surface area contributed by atoms with Crippen molar-refractivity contribution >= 4 is 29.9 Å². The molecule has 7 heteroatoms. The van der Waals surface area contributed by atoms with Crippen molar-refractivity contribution in [1.29, 1.82) is 0 Å². The molecule has 0 spiro atoms. The SMILES string of the molecule is CN=C(NCC1(C)CCCC1)NC1CCN(Cc2ccc(OC)c(F)c2)CC1.I. The van der Waals surface area contributed by atoms with E-state index >= 15 is 0 Å². The van der Waals surface area contributed by atoms with Crippen LogP contribution in [0.2, 0.25) is 0 Å². The van der Waals surface area contributed by atoms with Gasteiger partial charge in [-0.1, -0.05) is 25.8 Å². The van der Waals surface area contributed by atoms with Gasteiger partial charge < -0.3 is 15.4 Å². The van der Waals surface area contributed by atoms with Gasteiger partial charge in [-0.2, -0.15) is 0 Å². The summed E-state index contributed by atoms with van der Waals surface area (Å²) in [6.07, 6.45) is 7.44. The van der Waals surface area contributed by atoms with Crippen LogP contribution in [0.5, 0.6) is 5.75 Å². The zero-order valence-electron chi connectivity index (χ0n) is 18.0. The molecular weight excluding hydrogens is 482 g/mol. The average Bonchev–Trinajstić information content (AvgIpc) is 3.13.